The van der Waals surface area contributed by atoms with Crippen LogP contribution < -0.4 is 5.32 Å². The molecule has 1 fully saturated rings. The van der Waals surface area contributed by atoms with E-state index < -0.39 is 28.1 Å². The van der Waals surface area contributed by atoms with E-state index in [9.17, 15) is 13.2 Å². The van der Waals surface area contributed by atoms with E-state index in [-0.39, 0.29) is 25.3 Å². The topological polar surface area (TPSA) is 79.4 Å². The minimum absolute atomic E-state index is 0.00177. The number of hydrogen-bond donors (Lipinski definition) is 1. The van der Waals surface area contributed by atoms with E-state index in [4.69, 9.17) is 0 Å². The van der Waals surface area contributed by atoms with Crippen molar-refractivity contribution in [2.24, 2.45) is 0 Å². The van der Waals surface area contributed by atoms with Gasteiger partial charge in [0.25, 0.3) is 5.91 Å². The second kappa shape index (κ2) is 8.02. The van der Waals surface area contributed by atoms with Gasteiger partial charge in [-0.25, -0.2) is 12.8 Å². The van der Waals surface area contributed by atoms with Crippen LogP contribution >= 0.6 is 0 Å². The Labute approximate surface area is 142 Å². The summed E-state index contributed by atoms with van der Waals surface area (Å²) in [6, 6.07) is 3.46. The van der Waals surface area contributed by atoms with Crippen molar-refractivity contribution in [3.05, 3.63) is 30.1 Å². The second-order valence-electron chi connectivity index (χ2n) is 6.11. The first kappa shape index (κ1) is 18.8. The number of carbonyl (C=O) groups excluding carboxylic acids is 1. The van der Waals surface area contributed by atoms with Gasteiger partial charge in [0.15, 0.2) is 0 Å². The van der Waals surface area contributed by atoms with E-state index >= 15 is 4.39 Å². The van der Waals surface area contributed by atoms with Gasteiger partial charge >= 0.3 is 0 Å². The molecule has 0 aliphatic carbocycles. The maximum absolute atomic E-state index is 15.0. The summed E-state index contributed by atoms with van der Waals surface area (Å²) in [5.41, 5.74) is -1.37. The van der Waals surface area contributed by atoms with Gasteiger partial charge in [-0.1, -0.05) is 13.3 Å². The quantitative estimate of drug-likeness (QED) is 0.804. The van der Waals surface area contributed by atoms with Crippen molar-refractivity contribution in [2.75, 3.05) is 18.8 Å². The molecule has 8 heteroatoms. The molecule has 1 aliphatic rings. The Kier molecular flexibility index (Phi) is 6.28. The molecule has 0 radical (unpaired) electrons. The zero-order chi connectivity index (χ0) is 17.6. The van der Waals surface area contributed by atoms with Crippen LogP contribution in [0.1, 0.15) is 38.2 Å². The molecule has 1 amide bonds. The number of hydrogen-bond acceptors (Lipinski definition) is 4. The van der Waals surface area contributed by atoms with E-state index in [1.54, 1.807) is 24.5 Å². The highest BCUT2D eigenvalue weighted by Gasteiger charge is 2.45. The standard InChI is InChI=1S/C16H24FN3O3S/c1-2-3-11-24(22,23)20-10-4-7-16(17,13-20)15(21)19-12-14-5-8-18-9-6-14/h5-6,8-9H,2-4,7,10-13H2,1H3,(H,19,21). The lowest BCUT2D eigenvalue weighted by molar-refractivity contribution is -0.135. The van der Waals surface area contributed by atoms with Gasteiger partial charge in [-0.3, -0.25) is 9.78 Å². The van der Waals surface area contributed by atoms with Crippen LogP contribution in [0.3, 0.4) is 0 Å². The van der Waals surface area contributed by atoms with Gasteiger partial charge in [-0.2, -0.15) is 4.31 Å². The average molecular weight is 357 g/mol. The largest absolute Gasteiger partial charge is 0.349 e. The number of halogens is 1. The first-order valence-electron chi connectivity index (χ1n) is 8.21. The van der Waals surface area contributed by atoms with E-state index in [0.29, 0.717) is 12.8 Å². The highest BCUT2D eigenvalue weighted by Crippen LogP contribution is 2.28. The number of carbonyl (C=O) groups is 1. The average Bonchev–Trinajstić information content (AvgIpc) is 2.59. The first-order chi connectivity index (χ1) is 11.4. The summed E-state index contributed by atoms with van der Waals surface area (Å²) in [5, 5.41) is 2.56. The lowest BCUT2D eigenvalue weighted by Crippen LogP contribution is -2.55. The smallest absolute Gasteiger partial charge is 0.259 e. The van der Waals surface area contributed by atoms with Crippen molar-refractivity contribution >= 4 is 15.9 Å². The number of rotatable bonds is 7. The third-order valence-corrected chi connectivity index (χ3v) is 6.07. The van der Waals surface area contributed by atoms with Crippen LogP contribution in [0.5, 0.6) is 0 Å². The van der Waals surface area contributed by atoms with Gasteiger partial charge in [-0.05, 0) is 37.0 Å². The fourth-order valence-electron chi connectivity index (χ4n) is 2.69. The van der Waals surface area contributed by atoms with Crippen LogP contribution in [0.25, 0.3) is 0 Å². The highest BCUT2D eigenvalue weighted by molar-refractivity contribution is 7.89. The summed E-state index contributed by atoms with van der Waals surface area (Å²) < 4.78 is 40.7. The van der Waals surface area contributed by atoms with Crippen LogP contribution in [0.2, 0.25) is 0 Å². The van der Waals surface area contributed by atoms with E-state index in [0.717, 1.165) is 16.3 Å². The normalized spacial score (nSPS) is 22.2. The molecule has 1 N–H and O–H groups in total. The number of amides is 1. The van der Waals surface area contributed by atoms with Gasteiger partial charge in [0.2, 0.25) is 15.7 Å². The molecular formula is C16H24FN3O3S. The summed E-state index contributed by atoms with van der Waals surface area (Å²) >= 11 is 0. The third-order valence-electron chi connectivity index (χ3n) is 4.17. The van der Waals surface area contributed by atoms with Crippen molar-refractivity contribution in [1.29, 1.82) is 0 Å². The fraction of sp³-hybridized carbons (Fsp3) is 0.625. The zero-order valence-electron chi connectivity index (χ0n) is 13.9. The lowest BCUT2D eigenvalue weighted by Gasteiger charge is -2.35. The summed E-state index contributed by atoms with van der Waals surface area (Å²) in [5.74, 6) is -0.757. The lowest BCUT2D eigenvalue weighted by atomic mass is 9.95. The predicted octanol–water partition coefficient (Wildman–Crippen LogP) is 1.63. The SMILES string of the molecule is CCCCS(=O)(=O)N1CCCC(F)(C(=O)NCc2ccncc2)C1. The molecule has 1 atom stereocenters. The number of alkyl halides is 1. The Bertz CT molecular complexity index is 654. The number of piperidine rings is 1. The molecule has 0 aromatic carbocycles. The van der Waals surface area contributed by atoms with Gasteiger partial charge in [-0.15, -0.1) is 0 Å². The molecule has 0 spiro atoms. The molecule has 134 valence electrons. The molecule has 2 rings (SSSR count). The molecule has 6 nitrogen and oxygen atoms in total. The summed E-state index contributed by atoms with van der Waals surface area (Å²) in [7, 11) is -3.51. The van der Waals surface area contributed by atoms with Crippen LogP contribution in [0.15, 0.2) is 24.5 Å². The van der Waals surface area contributed by atoms with Crippen LogP contribution in [-0.2, 0) is 21.4 Å². The fourth-order valence-corrected chi connectivity index (χ4v) is 4.41. The van der Waals surface area contributed by atoms with Crippen molar-refractivity contribution in [3.8, 4) is 0 Å². The van der Waals surface area contributed by atoms with E-state index in [1.165, 1.54) is 0 Å². The molecule has 1 aromatic rings. The maximum atomic E-state index is 15.0. The number of pyridine rings is 1. The Morgan fingerprint density at radius 1 is 1.42 bits per heavy atom. The molecular weight excluding hydrogens is 333 g/mol. The third kappa shape index (κ3) is 4.73. The second-order valence-corrected chi connectivity index (χ2v) is 8.20. The molecule has 1 aromatic heterocycles. The number of sulfonamides is 1. The Hall–Kier alpha value is -1.54. The molecule has 0 saturated carbocycles. The Morgan fingerprint density at radius 2 is 2.12 bits per heavy atom. The van der Waals surface area contributed by atoms with Gasteiger partial charge in [0, 0.05) is 25.5 Å². The minimum Gasteiger partial charge on any atom is -0.349 e. The van der Waals surface area contributed by atoms with Gasteiger partial charge in [0.1, 0.15) is 0 Å². The molecule has 1 saturated heterocycles. The van der Waals surface area contributed by atoms with Crippen molar-refractivity contribution in [2.45, 2.75) is 44.8 Å². The highest BCUT2D eigenvalue weighted by atomic mass is 32.2. The van der Waals surface area contributed by atoms with Crippen molar-refractivity contribution < 1.29 is 17.6 Å². The Morgan fingerprint density at radius 3 is 2.79 bits per heavy atom. The van der Waals surface area contributed by atoms with Crippen LogP contribution in [-0.4, -0.2) is 48.1 Å². The zero-order valence-corrected chi connectivity index (χ0v) is 14.7. The van der Waals surface area contributed by atoms with E-state index in [2.05, 4.69) is 10.3 Å². The maximum Gasteiger partial charge on any atom is 0.259 e. The molecule has 1 unspecified atom stereocenters. The van der Waals surface area contributed by atoms with Crippen LogP contribution in [0, 0.1) is 0 Å². The molecule has 2 heterocycles. The Balaban J connectivity index is 1.99. The summed E-state index contributed by atoms with van der Waals surface area (Å²) in [6.45, 7) is 1.96. The van der Waals surface area contributed by atoms with Crippen molar-refractivity contribution in [1.82, 2.24) is 14.6 Å². The number of aromatic nitrogens is 1. The molecule has 24 heavy (non-hydrogen) atoms. The van der Waals surface area contributed by atoms with Gasteiger partial charge in [0.05, 0.1) is 12.3 Å². The minimum atomic E-state index is -3.51. The first-order valence-corrected chi connectivity index (χ1v) is 9.82. The molecule has 0 bridgehead atoms. The summed E-state index contributed by atoms with van der Waals surface area (Å²) in [6.07, 6.45) is 4.84. The predicted molar refractivity (Wildman–Crippen MR) is 89.4 cm³/mol. The summed E-state index contributed by atoms with van der Waals surface area (Å²) in [4.78, 5) is 16.1. The number of nitrogens with one attached hydrogen (secondary N) is 1. The number of unbranched alkanes of at least 4 members (excludes halogenated alkanes) is 1. The number of nitrogens with zero attached hydrogens (tertiary/aromatic N) is 2. The monoisotopic (exact) mass is 357 g/mol. The van der Waals surface area contributed by atoms with Gasteiger partial charge < -0.3 is 5.32 Å². The van der Waals surface area contributed by atoms with Crippen molar-refractivity contribution in [3.63, 3.8) is 0 Å². The van der Waals surface area contributed by atoms with Crippen LogP contribution in [0.4, 0.5) is 4.39 Å². The van der Waals surface area contributed by atoms with E-state index in [1.807, 2.05) is 6.92 Å². The molecule has 1 aliphatic heterocycles.